The Kier molecular flexibility index (Phi) is 10.1. The third-order valence-electron chi connectivity index (χ3n) is 4.23. The van der Waals surface area contributed by atoms with Gasteiger partial charge in [0.05, 0.1) is 22.4 Å². The van der Waals surface area contributed by atoms with Gasteiger partial charge in [-0.15, -0.1) is 0 Å². The molecule has 0 aliphatic heterocycles. The Morgan fingerprint density at radius 3 is 1.41 bits per heavy atom. The summed E-state index contributed by atoms with van der Waals surface area (Å²) in [7, 11) is -7.69. The van der Waals surface area contributed by atoms with E-state index in [1.54, 1.807) is 27.7 Å². The molecule has 0 aliphatic carbocycles. The van der Waals surface area contributed by atoms with Gasteiger partial charge in [-0.25, -0.2) is 0 Å². The highest BCUT2D eigenvalue weighted by molar-refractivity contribution is 8.19. The van der Waals surface area contributed by atoms with E-state index in [4.69, 9.17) is 18.2 Å². The lowest BCUT2D eigenvalue weighted by Gasteiger charge is -2.31. The zero-order valence-electron chi connectivity index (χ0n) is 16.6. The Morgan fingerprint density at radius 1 is 0.704 bits per heavy atom. The highest BCUT2D eigenvalue weighted by Crippen LogP contribution is 2.42. The van der Waals surface area contributed by atoms with Gasteiger partial charge in [-0.05, 0) is 30.1 Å². The first-order valence-corrected chi connectivity index (χ1v) is 12.2. The zero-order chi connectivity index (χ0) is 21.5. The normalized spacial score (nSPS) is 14.2. The molecule has 0 aromatic heterocycles. The molecule has 162 valence electrons. The predicted molar refractivity (Wildman–Crippen MR) is 107 cm³/mol. The van der Waals surface area contributed by atoms with Crippen molar-refractivity contribution >= 4 is 32.6 Å². The lowest BCUT2D eigenvalue weighted by atomic mass is 9.87. The van der Waals surface area contributed by atoms with Crippen molar-refractivity contribution in [2.24, 2.45) is 10.8 Å². The molecule has 0 unspecified atom stereocenters. The Labute approximate surface area is 164 Å². The maximum atomic E-state index is 11.9. The number of Topliss-reactive ketones (excluding diaryl/α,β-unsaturated/α-hetero) is 2. The minimum atomic E-state index is -4.09. The first kappa shape index (κ1) is 26.5. The summed E-state index contributed by atoms with van der Waals surface area (Å²) in [5.41, 5.74) is -1.29. The molecule has 0 amide bonds. The fourth-order valence-corrected chi connectivity index (χ4v) is 5.18. The second-order valence-electron chi connectivity index (χ2n) is 8.76. The second kappa shape index (κ2) is 10.3. The van der Waals surface area contributed by atoms with E-state index < -0.39 is 37.6 Å². The Balaban J connectivity index is 4.12. The molecule has 0 saturated heterocycles. The van der Waals surface area contributed by atoms with Crippen LogP contribution in [0.15, 0.2) is 0 Å². The molecule has 27 heavy (non-hydrogen) atoms. The summed E-state index contributed by atoms with van der Waals surface area (Å²) in [5.74, 6) is -0.677. The fourth-order valence-electron chi connectivity index (χ4n) is 2.85. The molecule has 0 spiro atoms. The molecule has 0 heterocycles. The summed E-state index contributed by atoms with van der Waals surface area (Å²) in [6.07, 6.45) is 2.05. The summed E-state index contributed by atoms with van der Waals surface area (Å²) >= 11 is 0. The van der Waals surface area contributed by atoms with Crippen molar-refractivity contribution in [1.82, 2.24) is 0 Å². The summed E-state index contributed by atoms with van der Waals surface area (Å²) in [4.78, 5) is 23.8. The molecule has 0 radical (unpaired) electrons. The van der Waals surface area contributed by atoms with E-state index in [0.717, 1.165) is 0 Å². The summed E-state index contributed by atoms with van der Waals surface area (Å²) < 4.78 is 58.1. The van der Waals surface area contributed by atoms with Crippen molar-refractivity contribution in [2.75, 3.05) is 11.5 Å². The number of hydrogen-bond acceptors (Lipinski definition) is 7. The van der Waals surface area contributed by atoms with Gasteiger partial charge in [0, 0.05) is 25.7 Å². The van der Waals surface area contributed by atoms with Crippen LogP contribution in [-0.2, 0) is 19.7 Å². The van der Waals surface area contributed by atoms with Gasteiger partial charge in [0.1, 0.15) is 11.6 Å². The van der Waals surface area contributed by atoms with E-state index in [2.05, 4.69) is 0 Å². The number of ketones is 2. The SMILES string of the molecule is CC(C)(CCC(=O)CCCC(=O)CCC(C)(C)CS(=O)(=O)O)CS(O)(O)O. The highest BCUT2D eigenvalue weighted by Gasteiger charge is 2.28. The molecule has 0 bridgehead atoms. The molecule has 8 nitrogen and oxygen atoms in total. The summed E-state index contributed by atoms with van der Waals surface area (Å²) in [5, 5.41) is 0. The van der Waals surface area contributed by atoms with E-state index in [9.17, 15) is 18.0 Å². The van der Waals surface area contributed by atoms with Crippen LogP contribution in [0, 0.1) is 10.8 Å². The number of rotatable bonds is 14. The van der Waals surface area contributed by atoms with E-state index in [1.807, 2.05) is 0 Å². The largest absolute Gasteiger partial charge is 0.308 e. The minimum absolute atomic E-state index is 0.0306. The molecule has 10 heteroatoms. The lowest BCUT2D eigenvalue weighted by molar-refractivity contribution is -0.120. The highest BCUT2D eigenvalue weighted by atomic mass is 32.3. The minimum Gasteiger partial charge on any atom is -0.308 e. The number of hydrogen-bond donors (Lipinski definition) is 4. The van der Waals surface area contributed by atoms with Crippen molar-refractivity contribution in [3.63, 3.8) is 0 Å². The maximum absolute atomic E-state index is 11.9. The van der Waals surface area contributed by atoms with Gasteiger partial charge in [-0.1, -0.05) is 27.7 Å². The predicted octanol–water partition coefficient (Wildman–Crippen LogP) is 4.02. The fraction of sp³-hybridized carbons (Fsp3) is 0.882. The van der Waals surface area contributed by atoms with Crippen LogP contribution in [0.2, 0.25) is 0 Å². The van der Waals surface area contributed by atoms with Gasteiger partial charge < -0.3 is 13.7 Å². The van der Waals surface area contributed by atoms with Crippen LogP contribution in [0.1, 0.15) is 72.6 Å². The van der Waals surface area contributed by atoms with Crippen LogP contribution in [-0.4, -0.2) is 49.7 Å². The third kappa shape index (κ3) is 16.2. The monoisotopic (exact) mass is 430 g/mol. The maximum Gasteiger partial charge on any atom is 0.265 e. The number of carbonyl (C=O) groups excluding carboxylic acids is 2. The van der Waals surface area contributed by atoms with E-state index >= 15 is 0 Å². The van der Waals surface area contributed by atoms with Crippen LogP contribution in [0.3, 0.4) is 0 Å². The Bertz CT molecular complexity index is 603. The van der Waals surface area contributed by atoms with Crippen LogP contribution >= 0.6 is 10.9 Å². The topological polar surface area (TPSA) is 149 Å². The molecule has 4 N–H and O–H groups in total. The molecular formula is C17H34O8S2. The van der Waals surface area contributed by atoms with E-state index in [-0.39, 0.29) is 43.0 Å². The van der Waals surface area contributed by atoms with Crippen molar-refractivity contribution in [3.8, 4) is 0 Å². The van der Waals surface area contributed by atoms with Crippen LogP contribution in [0.25, 0.3) is 0 Å². The van der Waals surface area contributed by atoms with Gasteiger partial charge in [0.15, 0.2) is 0 Å². The van der Waals surface area contributed by atoms with Crippen molar-refractivity contribution < 1.29 is 36.2 Å². The molecule has 0 atom stereocenters. The number of carbonyl (C=O) groups is 2. The van der Waals surface area contributed by atoms with Gasteiger partial charge in [0.25, 0.3) is 10.1 Å². The van der Waals surface area contributed by atoms with E-state index in [0.29, 0.717) is 19.3 Å². The average molecular weight is 431 g/mol. The van der Waals surface area contributed by atoms with Crippen molar-refractivity contribution in [3.05, 3.63) is 0 Å². The Hall–Kier alpha value is -0.520. The summed E-state index contributed by atoms with van der Waals surface area (Å²) in [6, 6.07) is 0. The van der Waals surface area contributed by atoms with E-state index in [1.165, 1.54) is 0 Å². The lowest BCUT2D eigenvalue weighted by Crippen LogP contribution is -2.24. The smallest absolute Gasteiger partial charge is 0.265 e. The molecule has 0 aromatic rings. The van der Waals surface area contributed by atoms with Gasteiger partial charge >= 0.3 is 0 Å². The second-order valence-corrected chi connectivity index (χ2v) is 11.8. The summed E-state index contributed by atoms with van der Waals surface area (Å²) in [6.45, 7) is 6.81. The van der Waals surface area contributed by atoms with Crippen LogP contribution < -0.4 is 0 Å². The third-order valence-corrected chi connectivity index (χ3v) is 6.55. The first-order chi connectivity index (χ1) is 11.9. The molecule has 0 saturated carbocycles. The molecule has 0 fully saturated rings. The molecule has 0 aromatic carbocycles. The average Bonchev–Trinajstić information content (AvgIpc) is 2.38. The zero-order valence-corrected chi connectivity index (χ0v) is 18.2. The quantitative estimate of drug-likeness (QED) is 0.302. The van der Waals surface area contributed by atoms with Gasteiger partial charge in [0.2, 0.25) is 0 Å². The molecule has 0 rings (SSSR count). The van der Waals surface area contributed by atoms with Gasteiger partial charge in [-0.3, -0.25) is 14.1 Å². The Morgan fingerprint density at radius 2 is 1.07 bits per heavy atom. The van der Waals surface area contributed by atoms with Crippen molar-refractivity contribution in [2.45, 2.75) is 72.6 Å². The standard InChI is InChI=1S/C17H34O8S2/c1-16(2,12-26(20,21)22)10-8-14(18)6-5-7-15(19)9-11-17(3,4)13-27(23,24)25/h20-22H,5-13H2,1-4H3,(H,23,24,25). The molecule has 0 aliphatic rings. The van der Waals surface area contributed by atoms with Crippen LogP contribution in [0.4, 0.5) is 0 Å². The van der Waals surface area contributed by atoms with Crippen molar-refractivity contribution in [1.29, 1.82) is 0 Å². The van der Waals surface area contributed by atoms with Gasteiger partial charge in [-0.2, -0.15) is 8.42 Å². The first-order valence-electron chi connectivity index (χ1n) is 8.88. The van der Waals surface area contributed by atoms with Crippen LogP contribution in [0.5, 0.6) is 0 Å². The molecular weight excluding hydrogens is 396 g/mol.